The molecule has 9 heteroatoms. The van der Waals surface area contributed by atoms with E-state index in [9.17, 15) is 17.6 Å². The minimum Gasteiger partial charge on any atom is -0.328 e. The summed E-state index contributed by atoms with van der Waals surface area (Å²) >= 11 is 2.48. The molecule has 3 rings (SSSR count). The van der Waals surface area contributed by atoms with Crippen molar-refractivity contribution in [2.75, 3.05) is 5.32 Å². The third-order valence-electron chi connectivity index (χ3n) is 3.14. The highest BCUT2D eigenvalue weighted by atomic mass is 32.2. The average molecular weight is 385 g/mol. The van der Waals surface area contributed by atoms with Crippen LogP contribution in [0.2, 0.25) is 0 Å². The Morgan fingerprint density at radius 2 is 1.84 bits per heavy atom. The zero-order chi connectivity index (χ0) is 17.9. The second-order valence-corrected chi connectivity index (χ2v) is 7.16. The topological polar surface area (TPSA) is 37.8 Å². The molecule has 130 valence electrons. The normalized spacial score (nSPS) is 11.5. The summed E-state index contributed by atoms with van der Waals surface area (Å²) in [6, 6.07) is 11.3. The van der Waals surface area contributed by atoms with Gasteiger partial charge < -0.3 is 5.32 Å². The van der Waals surface area contributed by atoms with E-state index < -0.39 is 17.6 Å². The average Bonchev–Trinajstić information content (AvgIpc) is 3.02. The molecule has 1 N–H and O–H groups in total. The molecule has 0 aliphatic rings. The summed E-state index contributed by atoms with van der Waals surface area (Å²) in [5, 5.41) is 11.1. The number of para-hydroxylation sites is 1. The van der Waals surface area contributed by atoms with Gasteiger partial charge in [0.1, 0.15) is 5.82 Å². The van der Waals surface area contributed by atoms with Crippen LogP contribution in [-0.4, -0.2) is 10.2 Å². The largest absolute Gasteiger partial charge is 0.416 e. The number of aromatic nitrogens is 2. The zero-order valence-electron chi connectivity index (χ0n) is 12.5. The van der Waals surface area contributed by atoms with Gasteiger partial charge in [0.25, 0.3) is 0 Å². The molecule has 0 aliphatic carbocycles. The molecular formula is C16H11F4N3S2. The number of benzene rings is 2. The number of nitrogens with one attached hydrogen (secondary N) is 1. The van der Waals surface area contributed by atoms with E-state index in [0.29, 0.717) is 20.8 Å². The van der Waals surface area contributed by atoms with Crippen LogP contribution in [0.15, 0.2) is 52.9 Å². The molecule has 0 bridgehead atoms. The Hall–Kier alpha value is -2.13. The van der Waals surface area contributed by atoms with Crippen LogP contribution in [0.25, 0.3) is 0 Å². The van der Waals surface area contributed by atoms with Gasteiger partial charge in [-0.1, -0.05) is 53.4 Å². The lowest BCUT2D eigenvalue weighted by Gasteiger charge is -2.07. The fourth-order valence-corrected chi connectivity index (χ4v) is 3.69. The number of anilines is 2. The van der Waals surface area contributed by atoms with E-state index in [1.54, 1.807) is 24.3 Å². The highest BCUT2D eigenvalue weighted by molar-refractivity contribution is 8.00. The number of nitrogens with zero attached hydrogens (tertiary/aromatic N) is 2. The van der Waals surface area contributed by atoms with Crippen molar-refractivity contribution in [1.82, 2.24) is 10.2 Å². The van der Waals surface area contributed by atoms with Gasteiger partial charge in [-0.05, 0) is 23.8 Å². The van der Waals surface area contributed by atoms with Crippen LogP contribution in [0.3, 0.4) is 0 Å². The van der Waals surface area contributed by atoms with Crippen LogP contribution in [-0.2, 0) is 11.9 Å². The Balaban J connectivity index is 1.63. The van der Waals surface area contributed by atoms with Crippen molar-refractivity contribution in [3.05, 3.63) is 65.5 Å². The number of alkyl halides is 3. The molecule has 0 spiro atoms. The van der Waals surface area contributed by atoms with Gasteiger partial charge in [0.15, 0.2) is 4.34 Å². The first kappa shape index (κ1) is 17.7. The fourth-order valence-electron chi connectivity index (χ4n) is 1.98. The Kier molecular flexibility index (Phi) is 5.24. The van der Waals surface area contributed by atoms with Gasteiger partial charge in [0.2, 0.25) is 5.13 Å². The molecule has 0 amide bonds. The molecule has 0 unspecified atom stereocenters. The van der Waals surface area contributed by atoms with Crippen LogP contribution in [0.1, 0.15) is 11.1 Å². The molecule has 0 saturated carbocycles. The predicted octanol–water partition coefficient (Wildman–Crippen LogP) is 5.73. The number of hydrogen-bond donors (Lipinski definition) is 1. The lowest BCUT2D eigenvalue weighted by atomic mass is 10.1. The maximum atomic E-state index is 13.6. The van der Waals surface area contributed by atoms with Crippen molar-refractivity contribution in [3.63, 3.8) is 0 Å². The quantitative estimate of drug-likeness (QED) is 0.449. The third kappa shape index (κ3) is 4.70. The second-order valence-electron chi connectivity index (χ2n) is 4.96. The standard InChI is InChI=1S/C16H11F4N3S2/c17-12-6-1-2-7-13(12)21-14-22-23-15(25-14)24-9-10-4-3-5-11(8-10)16(18,19)20/h1-8H,9H2,(H,21,22). The summed E-state index contributed by atoms with van der Waals surface area (Å²) in [5.74, 6) is -0.0750. The maximum Gasteiger partial charge on any atom is 0.416 e. The predicted molar refractivity (Wildman–Crippen MR) is 90.6 cm³/mol. The smallest absolute Gasteiger partial charge is 0.328 e. The third-order valence-corrected chi connectivity index (χ3v) is 5.18. The van der Waals surface area contributed by atoms with Crippen molar-refractivity contribution < 1.29 is 17.6 Å². The van der Waals surface area contributed by atoms with Crippen molar-refractivity contribution >= 4 is 33.9 Å². The van der Waals surface area contributed by atoms with Crippen molar-refractivity contribution in [2.45, 2.75) is 16.3 Å². The molecule has 0 radical (unpaired) electrons. The lowest BCUT2D eigenvalue weighted by Crippen LogP contribution is -2.04. The fraction of sp³-hybridized carbons (Fsp3) is 0.125. The molecule has 0 saturated heterocycles. The molecule has 0 fully saturated rings. The van der Waals surface area contributed by atoms with E-state index in [0.717, 1.165) is 12.1 Å². The lowest BCUT2D eigenvalue weighted by molar-refractivity contribution is -0.137. The van der Waals surface area contributed by atoms with Crippen LogP contribution in [0.5, 0.6) is 0 Å². The van der Waals surface area contributed by atoms with Crippen LogP contribution < -0.4 is 5.32 Å². The molecular weight excluding hydrogens is 374 g/mol. The number of thioether (sulfide) groups is 1. The first-order valence-corrected chi connectivity index (χ1v) is 8.86. The summed E-state index contributed by atoms with van der Waals surface area (Å²) in [5.41, 5.74) is 0.150. The van der Waals surface area contributed by atoms with Crippen molar-refractivity contribution in [3.8, 4) is 0 Å². The zero-order valence-corrected chi connectivity index (χ0v) is 14.2. The summed E-state index contributed by atoms with van der Waals surface area (Å²) in [4.78, 5) is 0. The first-order valence-electron chi connectivity index (χ1n) is 7.06. The van der Waals surface area contributed by atoms with Crippen molar-refractivity contribution in [1.29, 1.82) is 0 Å². The highest BCUT2D eigenvalue weighted by Crippen LogP contribution is 2.33. The summed E-state index contributed by atoms with van der Waals surface area (Å²) in [7, 11) is 0. The molecule has 2 aromatic carbocycles. The number of halogens is 4. The van der Waals surface area contributed by atoms with E-state index in [1.165, 1.54) is 35.2 Å². The van der Waals surface area contributed by atoms with Gasteiger partial charge in [0, 0.05) is 5.75 Å². The Labute approximate surface area is 149 Å². The van der Waals surface area contributed by atoms with Crippen molar-refractivity contribution in [2.24, 2.45) is 0 Å². The Morgan fingerprint density at radius 3 is 2.60 bits per heavy atom. The molecule has 25 heavy (non-hydrogen) atoms. The van der Waals surface area contributed by atoms with Gasteiger partial charge in [-0.2, -0.15) is 13.2 Å². The van der Waals surface area contributed by atoms with Gasteiger partial charge in [-0.15, -0.1) is 10.2 Å². The Bertz CT molecular complexity index is 864. The summed E-state index contributed by atoms with van der Waals surface area (Å²) < 4.78 is 52.3. The SMILES string of the molecule is Fc1ccccc1Nc1nnc(SCc2cccc(C(F)(F)F)c2)s1. The first-order chi connectivity index (χ1) is 11.9. The van der Waals surface area contributed by atoms with E-state index >= 15 is 0 Å². The summed E-state index contributed by atoms with van der Waals surface area (Å²) in [6.07, 6.45) is -4.36. The van der Waals surface area contributed by atoms with E-state index in [-0.39, 0.29) is 5.69 Å². The van der Waals surface area contributed by atoms with E-state index in [1.807, 2.05) is 0 Å². The van der Waals surface area contributed by atoms with E-state index in [4.69, 9.17) is 0 Å². The van der Waals surface area contributed by atoms with Gasteiger partial charge in [-0.25, -0.2) is 4.39 Å². The van der Waals surface area contributed by atoms with Crippen LogP contribution in [0, 0.1) is 5.82 Å². The molecule has 1 aromatic heterocycles. The van der Waals surface area contributed by atoms with Crippen LogP contribution in [0.4, 0.5) is 28.4 Å². The number of rotatable bonds is 5. The minimum atomic E-state index is -4.36. The van der Waals surface area contributed by atoms with E-state index in [2.05, 4.69) is 15.5 Å². The molecule has 3 aromatic rings. The molecule has 0 aliphatic heterocycles. The highest BCUT2D eigenvalue weighted by Gasteiger charge is 2.30. The van der Waals surface area contributed by atoms with Gasteiger partial charge in [-0.3, -0.25) is 0 Å². The molecule has 1 heterocycles. The van der Waals surface area contributed by atoms with Gasteiger partial charge in [0.05, 0.1) is 11.3 Å². The maximum absolute atomic E-state index is 13.6. The minimum absolute atomic E-state index is 0.285. The second kappa shape index (κ2) is 7.40. The molecule has 3 nitrogen and oxygen atoms in total. The number of hydrogen-bond acceptors (Lipinski definition) is 5. The monoisotopic (exact) mass is 385 g/mol. The summed E-state index contributed by atoms with van der Waals surface area (Å²) in [6.45, 7) is 0. The Morgan fingerprint density at radius 1 is 1.04 bits per heavy atom. The van der Waals surface area contributed by atoms with Crippen LogP contribution >= 0.6 is 23.1 Å². The van der Waals surface area contributed by atoms with Gasteiger partial charge >= 0.3 is 6.18 Å². The molecule has 0 atom stereocenters.